The summed E-state index contributed by atoms with van der Waals surface area (Å²) in [7, 11) is 0. The molecular formula is C42H37ClF4N12O4. The minimum Gasteiger partial charge on any atom is -0.371 e. The van der Waals surface area contributed by atoms with Gasteiger partial charge in [0.05, 0.1) is 17.5 Å². The summed E-state index contributed by atoms with van der Waals surface area (Å²) in [6, 6.07) is 8.00. The predicted molar refractivity (Wildman–Crippen MR) is 220 cm³/mol. The lowest BCUT2D eigenvalue weighted by Gasteiger charge is -2.21. The monoisotopic (exact) mass is 884 g/mol. The second-order valence-electron chi connectivity index (χ2n) is 16.5. The number of alkyl halides is 1. The highest BCUT2D eigenvalue weighted by Gasteiger charge is 2.59. The van der Waals surface area contributed by atoms with Crippen molar-refractivity contribution in [2.45, 2.75) is 49.9 Å². The van der Waals surface area contributed by atoms with Crippen LogP contribution < -0.4 is 20.9 Å². The molecule has 16 nitrogen and oxygen atoms in total. The van der Waals surface area contributed by atoms with E-state index < -0.39 is 23.3 Å². The minimum absolute atomic E-state index is 0.0657. The number of hydrogen-bond donors (Lipinski definition) is 1. The summed E-state index contributed by atoms with van der Waals surface area (Å²) in [6.45, 7) is 7.04. The van der Waals surface area contributed by atoms with Gasteiger partial charge in [-0.1, -0.05) is 24.2 Å². The molecule has 4 fully saturated rings. The average molecular weight is 885 g/mol. The molecule has 6 aliphatic rings. The maximum absolute atomic E-state index is 13.5. The molecule has 4 aromatic heterocycles. The Labute approximate surface area is 359 Å². The van der Waals surface area contributed by atoms with E-state index in [9.17, 15) is 27.2 Å². The third kappa shape index (κ3) is 7.59. The normalized spacial score (nSPS) is 25.2. The molecule has 4 unspecified atom stereocenters. The molecule has 0 radical (unpaired) electrons. The lowest BCUT2D eigenvalue weighted by atomic mass is 10.1. The first-order valence-electron chi connectivity index (χ1n) is 20.3. The van der Waals surface area contributed by atoms with E-state index in [1.807, 2.05) is 18.7 Å². The molecule has 0 amide bonds. The molecule has 63 heavy (non-hydrogen) atoms. The number of anilines is 2. The number of halogens is 5. The van der Waals surface area contributed by atoms with Crippen molar-refractivity contribution >= 4 is 47.0 Å². The predicted octanol–water partition coefficient (Wildman–Crippen LogP) is 6.15. The SMILES string of the molecule is CC1C=Nc2nc[nH]c(=O)c21.CC1C=Nc2ncn(Cc3nc(C4[C@H]5CN(c6ccc(F)c(F)c6)C[C@@H]45)no3)c(=O)c21.Fc1ccc(N2C[C@@H]3C(c4noc(CCl)n4)[C@@H]3C2)cc1F. The van der Waals surface area contributed by atoms with E-state index in [2.05, 4.69) is 50.1 Å². The Morgan fingerprint density at radius 3 is 1.71 bits per heavy atom. The van der Waals surface area contributed by atoms with E-state index in [4.69, 9.17) is 20.6 Å². The van der Waals surface area contributed by atoms with Crippen LogP contribution in [0, 0.1) is 46.9 Å². The van der Waals surface area contributed by atoms with Crippen molar-refractivity contribution in [3.05, 3.63) is 128 Å². The number of nitrogens with one attached hydrogen (secondary N) is 1. The summed E-state index contributed by atoms with van der Waals surface area (Å²) in [5, 5.41) is 8.08. The Bertz CT molecular complexity index is 2900. The van der Waals surface area contributed by atoms with Crippen LogP contribution in [0.2, 0.25) is 0 Å². The van der Waals surface area contributed by atoms with Crippen LogP contribution in [0.4, 0.5) is 40.6 Å². The number of rotatable bonds is 7. The van der Waals surface area contributed by atoms with E-state index in [1.165, 1.54) is 29.4 Å². The number of nitrogens with zero attached hydrogens (tertiary/aromatic N) is 11. The Morgan fingerprint density at radius 1 is 0.698 bits per heavy atom. The van der Waals surface area contributed by atoms with Gasteiger partial charge >= 0.3 is 0 Å². The topological polar surface area (TPSA) is 190 Å². The van der Waals surface area contributed by atoms with Gasteiger partial charge in [-0.25, -0.2) is 37.5 Å². The smallest absolute Gasteiger partial charge is 0.259 e. The first kappa shape index (κ1) is 40.5. The van der Waals surface area contributed by atoms with E-state index in [0.717, 1.165) is 44.0 Å². The van der Waals surface area contributed by atoms with Crippen LogP contribution in [0.15, 0.2) is 77.7 Å². The van der Waals surface area contributed by atoms with Gasteiger partial charge in [0.2, 0.25) is 11.8 Å². The summed E-state index contributed by atoms with van der Waals surface area (Å²) in [4.78, 5) is 55.5. The van der Waals surface area contributed by atoms with E-state index in [0.29, 0.717) is 81.5 Å². The Balaban J connectivity index is 0.000000126. The van der Waals surface area contributed by atoms with Crippen molar-refractivity contribution in [3.8, 4) is 0 Å². The van der Waals surface area contributed by atoms with Gasteiger partial charge in [0.15, 0.2) is 46.6 Å². The molecule has 2 saturated carbocycles. The number of aromatic nitrogens is 8. The first-order valence-corrected chi connectivity index (χ1v) is 20.8. The van der Waals surface area contributed by atoms with Crippen LogP contribution in [0.3, 0.4) is 0 Å². The van der Waals surface area contributed by atoms with Crippen molar-refractivity contribution in [1.29, 1.82) is 0 Å². The van der Waals surface area contributed by atoms with Crippen LogP contribution >= 0.6 is 11.6 Å². The molecule has 8 atom stereocenters. The highest BCUT2D eigenvalue weighted by Crippen LogP contribution is 2.59. The highest BCUT2D eigenvalue weighted by atomic mass is 35.5. The zero-order valence-corrected chi connectivity index (χ0v) is 34.3. The standard InChI is InChI=1S/C21H18F2N6O2.C14H12ClF2N3O.C7H7N3O/c1-10-5-24-19-17(10)21(30)29(9-25-19)8-16-26-20(27-31-16)18-12-6-28(7-13(12)18)11-2-3-14(22)15(23)4-11;15-4-12-18-14(19-21-12)13-8-5-20(6-9(8)13)7-1-2-10(16)11(17)3-7;1-4-2-8-6-5(4)7(11)10-3-9-6/h2-5,9-10,12-13,18H,6-8H2,1H3;1-3,8-9,13H,4-6H2;2-4H,1H3,(H,9,10,11)/t10?,12-,13+,18?;8-,9+,13?;. The maximum atomic E-state index is 13.5. The van der Waals surface area contributed by atoms with Gasteiger partial charge in [0.1, 0.15) is 18.8 Å². The number of aromatic amines is 1. The average Bonchev–Trinajstić information content (AvgIpc) is 3.84. The Kier molecular flexibility index (Phi) is 10.3. The van der Waals surface area contributed by atoms with Crippen molar-refractivity contribution in [2.24, 2.45) is 33.7 Å². The van der Waals surface area contributed by atoms with Crippen LogP contribution in [0.1, 0.15) is 72.1 Å². The molecule has 2 aliphatic carbocycles. The summed E-state index contributed by atoms with van der Waals surface area (Å²) in [6.07, 6.45) is 6.26. The molecule has 1 N–H and O–H groups in total. The number of aliphatic imine (C=N–C) groups is 2. The largest absolute Gasteiger partial charge is 0.371 e. The molecule has 324 valence electrons. The van der Waals surface area contributed by atoms with Gasteiger partial charge in [-0.2, -0.15) is 9.97 Å². The second kappa shape index (κ2) is 16.0. The zero-order chi connectivity index (χ0) is 43.7. The summed E-state index contributed by atoms with van der Waals surface area (Å²) in [5.41, 5.74) is 2.42. The maximum Gasteiger partial charge on any atom is 0.259 e. The lowest BCUT2D eigenvalue weighted by molar-refractivity contribution is 0.363. The molecule has 0 bridgehead atoms. The zero-order valence-electron chi connectivity index (χ0n) is 33.6. The van der Waals surface area contributed by atoms with Gasteiger partial charge < -0.3 is 23.8 Å². The van der Waals surface area contributed by atoms with E-state index in [-0.39, 0.29) is 41.3 Å². The van der Waals surface area contributed by atoms with Crippen molar-refractivity contribution in [3.63, 3.8) is 0 Å². The number of benzene rings is 2. The highest BCUT2D eigenvalue weighted by molar-refractivity contribution is 6.16. The third-order valence-electron chi connectivity index (χ3n) is 12.6. The van der Waals surface area contributed by atoms with Crippen molar-refractivity contribution in [2.75, 3.05) is 36.0 Å². The number of hydrogen-bond acceptors (Lipinski definition) is 14. The summed E-state index contributed by atoms with van der Waals surface area (Å²) < 4.78 is 64.8. The summed E-state index contributed by atoms with van der Waals surface area (Å²) in [5.74, 6) is 2.17. The molecular weight excluding hydrogens is 848 g/mol. The van der Waals surface area contributed by atoms with Gasteiger partial charge in [0, 0.05) is 85.8 Å². The molecule has 21 heteroatoms. The molecule has 4 aliphatic heterocycles. The fraction of sp³-hybridized carbons (Fsp3) is 0.381. The fourth-order valence-electron chi connectivity index (χ4n) is 9.21. The molecule has 12 rings (SSSR count). The second-order valence-corrected chi connectivity index (χ2v) is 16.7. The van der Waals surface area contributed by atoms with Crippen LogP contribution in [0.5, 0.6) is 0 Å². The quantitative estimate of drug-likeness (QED) is 0.143. The molecule has 6 aromatic rings. The van der Waals surface area contributed by atoms with Crippen molar-refractivity contribution in [1.82, 2.24) is 39.8 Å². The molecule has 8 heterocycles. The first-order chi connectivity index (χ1) is 30.4. The van der Waals surface area contributed by atoms with Crippen LogP contribution in [-0.4, -0.2) is 78.4 Å². The van der Waals surface area contributed by atoms with Crippen LogP contribution in [0.25, 0.3) is 0 Å². The fourth-order valence-corrected chi connectivity index (χ4v) is 9.32. The van der Waals surface area contributed by atoms with Crippen molar-refractivity contribution < 1.29 is 26.6 Å². The van der Waals surface area contributed by atoms with Crippen LogP contribution in [-0.2, 0) is 12.4 Å². The minimum atomic E-state index is -0.843. The van der Waals surface area contributed by atoms with E-state index in [1.54, 1.807) is 24.6 Å². The van der Waals surface area contributed by atoms with Gasteiger partial charge in [-0.05, 0) is 47.9 Å². The number of H-pyrrole nitrogens is 1. The Morgan fingerprint density at radius 2 is 1.21 bits per heavy atom. The van der Waals surface area contributed by atoms with Gasteiger partial charge in [0.25, 0.3) is 11.1 Å². The Hall–Kier alpha value is -6.57. The number of piperidine rings is 2. The van der Waals surface area contributed by atoms with E-state index >= 15 is 0 Å². The molecule has 0 spiro atoms. The summed E-state index contributed by atoms with van der Waals surface area (Å²) >= 11 is 5.65. The number of fused-ring (bicyclic) bond motifs is 4. The van der Waals surface area contributed by atoms with Gasteiger partial charge in [-0.3, -0.25) is 14.2 Å². The molecule has 2 saturated heterocycles. The third-order valence-corrected chi connectivity index (χ3v) is 12.8. The molecule has 2 aromatic carbocycles. The van der Waals surface area contributed by atoms with Gasteiger partial charge in [-0.15, -0.1) is 11.6 Å². The lowest BCUT2D eigenvalue weighted by Crippen LogP contribution is -2.25.